The summed E-state index contributed by atoms with van der Waals surface area (Å²) < 4.78 is 0. The molecule has 1 rings (SSSR count). The number of rotatable bonds is 9. The number of nitrogens with one attached hydrogen (secondary N) is 1. The quantitative estimate of drug-likeness (QED) is 0.675. The number of thioether (sulfide) groups is 1. The van der Waals surface area contributed by atoms with Crippen molar-refractivity contribution in [3.8, 4) is 0 Å². The third-order valence-electron chi connectivity index (χ3n) is 3.06. The van der Waals surface area contributed by atoms with E-state index in [1.807, 2.05) is 17.8 Å². The highest BCUT2D eigenvalue weighted by molar-refractivity contribution is 7.98. The van der Waals surface area contributed by atoms with Gasteiger partial charge in [-0.2, -0.15) is 11.8 Å². The molecule has 0 aliphatic heterocycles. The predicted molar refractivity (Wildman–Crippen MR) is 81.0 cm³/mol. The van der Waals surface area contributed by atoms with Gasteiger partial charge in [-0.05, 0) is 37.6 Å². The van der Waals surface area contributed by atoms with Crippen LogP contribution in [0.5, 0.6) is 0 Å². The van der Waals surface area contributed by atoms with E-state index >= 15 is 0 Å². The van der Waals surface area contributed by atoms with Gasteiger partial charge in [0.2, 0.25) is 0 Å². The van der Waals surface area contributed by atoms with Crippen LogP contribution >= 0.6 is 11.8 Å². The third-order valence-corrected chi connectivity index (χ3v) is 4.09. The van der Waals surface area contributed by atoms with Crippen molar-refractivity contribution in [2.75, 3.05) is 18.9 Å². The molecule has 0 radical (unpaired) electrons. The summed E-state index contributed by atoms with van der Waals surface area (Å²) >= 11 is 1.93. The molecule has 2 nitrogen and oxygen atoms in total. The molecule has 0 aliphatic rings. The van der Waals surface area contributed by atoms with E-state index in [1.165, 1.54) is 5.56 Å². The number of hydrogen-bond donors (Lipinski definition) is 2. The van der Waals surface area contributed by atoms with Crippen LogP contribution in [0.2, 0.25) is 0 Å². The van der Waals surface area contributed by atoms with Crippen LogP contribution in [0.25, 0.3) is 0 Å². The third kappa shape index (κ3) is 5.89. The maximum atomic E-state index is 9.46. The Morgan fingerprint density at radius 3 is 2.61 bits per heavy atom. The Labute approximate surface area is 115 Å². The fraction of sp³-hybridized carbons (Fsp3) is 0.600. The summed E-state index contributed by atoms with van der Waals surface area (Å²) in [6.45, 7) is 5.43. The van der Waals surface area contributed by atoms with Gasteiger partial charge in [-0.1, -0.05) is 37.3 Å². The van der Waals surface area contributed by atoms with Crippen LogP contribution in [0.1, 0.15) is 32.3 Å². The van der Waals surface area contributed by atoms with Crippen molar-refractivity contribution < 1.29 is 5.11 Å². The van der Waals surface area contributed by atoms with E-state index in [4.69, 9.17) is 0 Å². The maximum Gasteiger partial charge on any atom is 0.0610 e. The number of aliphatic hydroxyl groups excluding tert-OH is 1. The molecule has 18 heavy (non-hydrogen) atoms. The first-order chi connectivity index (χ1) is 8.70. The lowest BCUT2D eigenvalue weighted by molar-refractivity contribution is 0.171. The Morgan fingerprint density at radius 2 is 2.00 bits per heavy atom. The second-order valence-corrected chi connectivity index (χ2v) is 6.04. The van der Waals surface area contributed by atoms with Crippen LogP contribution in [-0.4, -0.2) is 29.5 Å². The van der Waals surface area contributed by atoms with Gasteiger partial charge in [0.25, 0.3) is 0 Å². The molecule has 0 saturated carbocycles. The summed E-state index contributed by atoms with van der Waals surface area (Å²) in [5, 5.41) is 12.9. The average molecular weight is 267 g/mol. The standard InChI is InChI=1S/C15H25NOS/c1-3-10-16-15(2,13-17)9-11-18-12-14-7-5-4-6-8-14/h4-8,16-17H,3,9-13H2,1-2H3. The molecule has 0 aromatic heterocycles. The van der Waals surface area contributed by atoms with E-state index in [9.17, 15) is 5.11 Å². The molecule has 0 aliphatic carbocycles. The minimum absolute atomic E-state index is 0.125. The van der Waals surface area contributed by atoms with E-state index in [-0.39, 0.29) is 12.1 Å². The molecule has 0 spiro atoms. The van der Waals surface area contributed by atoms with E-state index < -0.39 is 0 Å². The first-order valence-corrected chi connectivity index (χ1v) is 7.83. The molecule has 1 atom stereocenters. The summed E-state index contributed by atoms with van der Waals surface area (Å²) in [7, 11) is 0. The molecular formula is C15H25NOS. The smallest absolute Gasteiger partial charge is 0.0610 e. The number of aliphatic hydroxyl groups is 1. The van der Waals surface area contributed by atoms with Gasteiger partial charge in [0.1, 0.15) is 0 Å². The molecule has 3 heteroatoms. The van der Waals surface area contributed by atoms with E-state index in [2.05, 4.69) is 43.4 Å². The highest BCUT2D eigenvalue weighted by Gasteiger charge is 2.21. The zero-order valence-corrected chi connectivity index (χ0v) is 12.3. The fourth-order valence-corrected chi connectivity index (χ4v) is 2.88. The molecule has 0 fully saturated rings. The van der Waals surface area contributed by atoms with Crippen LogP contribution in [0.15, 0.2) is 30.3 Å². The van der Waals surface area contributed by atoms with Gasteiger partial charge in [-0.25, -0.2) is 0 Å². The molecule has 1 aromatic carbocycles. The van der Waals surface area contributed by atoms with E-state index in [1.54, 1.807) is 0 Å². The monoisotopic (exact) mass is 267 g/mol. The topological polar surface area (TPSA) is 32.3 Å². The molecule has 1 unspecified atom stereocenters. The summed E-state index contributed by atoms with van der Waals surface area (Å²) in [6, 6.07) is 10.5. The molecule has 0 saturated heterocycles. The largest absolute Gasteiger partial charge is 0.394 e. The van der Waals surface area contributed by atoms with Crippen LogP contribution in [0, 0.1) is 0 Å². The van der Waals surface area contributed by atoms with Gasteiger partial charge in [0, 0.05) is 11.3 Å². The highest BCUT2D eigenvalue weighted by Crippen LogP contribution is 2.17. The number of benzene rings is 1. The molecular weight excluding hydrogens is 242 g/mol. The fourth-order valence-electron chi connectivity index (χ4n) is 1.71. The lowest BCUT2D eigenvalue weighted by Crippen LogP contribution is -2.46. The summed E-state index contributed by atoms with van der Waals surface area (Å²) in [5.41, 5.74) is 1.24. The van der Waals surface area contributed by atoms with Gasteiger partial charge >= 0.3 is 0 Å². The van der Waals surface area contributed by atoms with Gasteiger partial charge in [0.05, 0.1) is 6.61 Å². The van der Waals surface area contributed by atoms with Crippen molar-refractivity contribution in [1.82, 2.24) is 5.32 Å². The minimum Gasteiger partial charge on any atom is -0.394 e. The summed E-state index contributed by atoms with van der Waals surface area (Å²) in [5.74, 6) is 2.12. The van der Waals surface area contributed by atoms with Gasteiger partial charge in [-0.15, -0.1) is 0 Å². The lowest BCUT2D eigenvalue weighted by atomic mass is 10.0. The summed E-state index contributed by atoms with van der Waals surface area (Å²) in [6.07, 6.45) is 2.10. The van der Waals surface area contributed by atoms with Crippen molar-refractivity contribution in [3.63, 3.8) is 0 Å². The van der Waals surface area contributed by atoms with Crippen molar-refractivity contribution in [2.24, 2.45) is 0 Å². The second-order valence-electron chi connectivity index (χ2n) is 4.93. The van der Waals surface area contributed by atoms with Crippen LogP contribution in [-0.2, 0) is 5.75 Å². The zero-order valence-electron chi connectivity index (χ0n) is 11.5. The van der Waals surface area contributed by atoms with Crippen molar-refractivity contribution in [1.29, 1.82) is 0 Å². The second kappa shape index (κ2) is 8.57. The van der Waals surface area contributed by atoms with Gasteiger partial charge in [0.15, 0.2) is 0 Å². The van der Waals surface area contributed by atoms with Crippen molar-refractivity contribution in [3.05, 3.63) is 35.9 Å². The molecule has 0 heterocycles. The minimum atomic E-state index is -0.125. The average Bonchev–Trinajstić information content (AvgIpc) is 2.43. The number of hydrogen-bond acceptors (Lipinski definition) is 3. The Bertz CT molecular complexity index is 318. The Morgan fingerprint density at radius 1 is 1.28 bits per heavy atom. The van der Waals surface area contributed by atoms with Crippen molar-refractivity contribution >= 4 is 11.8 Å². The van der Waals surface area contributed by atoms with Crippen LogP contribution in [0.4, 0.5) is 0 Å². The van der Waals surface area contributed by atoms with E-state index in [0.717, 1.165) is 30.9 Å². The van der Waals surface area contributed by atoms with Crippen molar-refractivity contribution in [2.45, 2.75) is 38.0 Å². The Hall–Kier alpha value is -0.510. The van der Waals surface area contributed by atoms with Gasteiger partial charge < -0.3 is 10.4 Å². The highest BCUT2D eigenvalue weighted by atomic mass is 32.2. The SMILES string of the molecule is CCCNC(C)(CO)CCSCc1ccccc1. The Kier molecular flexibility index (Phi) is 7.40. The lowest BCUT2D eigenvalue weighted by Gasteiger charge is -2.28. The van der Waals surface area contributed by atoms with Crippen LogP contribution in [0.3, 0.4) is 0 Å². The van der Waals surface area contributed by atoms with E-state index in [0.29, 0.717) is 0 Å². The zero-order chi connectivity index (χ0) is 13.3. The molecule has 1 aromatic rings. The first kappa shape index (κ1) is 15.5. The first-order valence-electron chi connectivity index (χ1n) is 6.68. The normalized spacial score (nSPS) is 14.4. The molecule has 2 N–H and O–H groups in total. The molecule has 102 valence electrons. The molecule has 0 bridgehead atoms. The van der Waals surface area contributed by atoms with Crippen LogP contribution < -0.4 is 5.32 Å². The maximum absolute atomic E-state index is 9.46. The predicted octanol–water partition coefficient (Wildman–Crippen LogP) is 3.06. The van der Waals surface area contributed by atoms with Gasteiger partial charge in [-0.3, -0.25) is 0 Å². The summed E-state index contributed by atoms with van der Waals surface area (Å²) in [4.78, 5) is 0. The molecule has 0 amide bonds. The Balaban J connectivity index is 2.23.